The van der Waals surface area contributed by atoms with Gasteiger partial charge in [-0.25, -0.2) is 0 Å². The Hall–Kier alpha value is -1.75. The lowest BCUT2D eigenvalue weighted by Crippen LogP contribution is -2.42. The normalized spacial score (nSPS) is 20.5. The Kier molecular flexibility index (Phi) is 5.84. The number of carbonyl (C=O) groups is 1. The van der Waals surface area contributed by atoms with Gasteiger partial charge in [0, 0.05) is 19.1 Å². The molecule has 1 aliphatic heterocycles. The van der Waals surface area contributed by atoms with Gasteiger partial charge in [-0.1, -0.05) is 6.07 Å². The maximum atomic E-state index is 12.8. The van der Waals surface area contributed by atoms with Crippen molar-refractivity contribution in [3.8, 4) is 11.5 Å². The van der Waals surface area contributed by atoms with Crippen LogP contribution in [0.2, 0.25) is 0 Å². The third-order valence-electron chi connectivity index (χ3n) is 5.47. The summed E-state index contributed by atoms with van der Waals surface area (Å²) < 4.78 is 10.7. The lowest BCUT2D eigenvalue weighted by molar-refractivity contribution is -0.133. The molecule has 1 aromatic carbocycles. The molecule has 0 spiro atoms. The molecular weight excluding hydrogens is 316 g/mol. The number of benzene rings is 1. The molecule has 0 bridgehead atoms. The molecule has 0 N–H and O–H groups in total. The summed E-state index contributed by atoms with van der Waals surface area (Å²) in [5.41, 5.74) is 1.06. The fraction of sp³-hybridized carbons (Fsp3) is 0.650. The minimum Gasteiger partial charge on any atom is -0.493 e. The van der Waals surface area contributed by atoms with Crippen LogP contribution in [0.1, 0.15) is 38.2 Å². The Balaban J connectivity index is 1.62. The van der Waals surface area contributed by atoms with E-state index >= 15 is 0 Å². The Labute approximate surface area is 150 Å². The van der Waals surface area contributed by atoms with E-state index in [9.17, 15) is 4.79 Å². The number of carbonyl (C=O) groups excluding carboxylic acids is 1. The van der Waals surface area contributed by atoms with Gasteiger partial charge < -0.3 is 14.4 Å². The first kappa shape index (κ1) is 18.1. The van der Waals surface area contributed by atoms with Crippen LogP contribution in [0.25, 0.3) is 0 Å². The molecule has 1 amide bonds. The van der Waals surface area contributed by atoms with E-state index in [-0.39, 0.29) is 5.91 Å². The van der Waals surface area contributed by atoms with Gasteiger partial charge in [-0.2, -0.15) is 0 Å². The second-order valence-electron chi connectivity index (χ2n) is 7.11. The van der Waals surface area contributed by atoms with Gasteiger partial charge in [-0.05, 0) is 62.8 Å². The van der Waals surface area contributed by atoms with Gasteiger partial charge in [0.05, 0.1) is 20.8 Å². The van der Waals surface area contributed by atoms with Gasteiger partial charge in [0.1, 0.15) is 0 Å². The molecule has 1 saturated carbocycles. The van der Waals surface area contributed by atoms with E-state index in [1.54, 1.807) is 14.2 Å². The van der Waals surface area contributed by atoms with Crippen molar-refractivity contribution in [2.45, 2.75) is 45.2 Å². The van der Waals surface area contributed by atoms with Crippen LogP contribution in [0.5, 0.6) is 11.5 Å². The maximum absolute atomic E-state index is 12.8. The fourth-order valence-corrected chi connectivity index (χ4v) is 3.91. The van der Waals surface area contributed by atoms with E-state index in [4.69, 9.17) is 9.47 Å². The number of hydrogen-bond donors (Lipinski definition) is 0. The summed E-state index contributed by atoms with van der Waals surface area (Å²) in [6.07, 6.45) is 5.19. The molecule has 3 rings (SSSR count). The van der Waals surface area contributed by atoms with Crippen molar-refractivity contribution in [2.75, 3.05) is 33.9 Å². The molecule has 25 heavy (non-hydrogen) atoms. The lowest BCUT2D eigenvalue weighted by Gasteiger charge is -2.28. The minimum atomic E-state index is 0.227. The zero-order valence-electron chi connectivity index (χ0n) is 15.7. The molecule has 5 nitrogen and oxygen atoms in total. The summed E-state index contributed by atoms with van der Waals surface area (Å²) in [7, 11) is 3.27. The number of likely N-dealkylation sites (N-methyl/N-ethyl adjacent to an activating group) is 1. The van der Waals surface area contributed by atoms with E-state index < -0.39 is 0 Å². The van der Waals surface area contributed by atoms with E-state index in [2.05, 4.69) is 4.90 Å². The molecule has 1 saturated heterocycles. The molecule has 0 radical (unpaired) electrons. The number of nitrogens with zero attached hydrogens (tertiary/aromatic N) is 2. The minimum absolute atomic E-state index is 0.227. The third-order valence-corrected chi connectivity index (χ3v) is 5.47. The van der Waals surface area contributed by atoms with Gasteiger partial charge >= 0.3 is 0 Å². The van der Waals surface area contributed by atoms with Crippen LogP contribution >= 0.6 is 0 Å². The summed E-state index contributed by atoms with van der Waals surface area (Å²) in [5, 5.41) is 0. The highest BCUT2D eigenvalue weighted by atomic mass is 16.5. The van der Waals surface area contributed by atoms with Crippen LogP contribution < -0.4 is 9.47 Å². The van der Waals surface area contributed by atoms with Crippen molar-refractivity contribution in [3.63, 3.8) is 0 Å². The van der Waals surface area contributed by atoms with Crippen LogP contribution in [0.4, 0.5) is 0 Å². The van der Waals surface area contributed by atoms with Crippen LogP contribution in [-0.2, 0) is 11.3 Å². The predicted molar refractivity (Wildman–Crippen MR) is 98.0 cm³/mol. The third kappa shape index (κ3) is 4.27. The second kappa shape index (κ2) is 8.09. The highest BCUT2D eigenvalue weighted by Gasteiger charge is 2.38. The van der Waals surface area contributed by atoms with Crippen LogP contribution in [0.3, 0.4) is 0 Å². The number of rotatable bonds is 8. The van der Waals surface area contributed by atoms with E-state index in [0.717, 1.165) is 24.6 Å². The molecule has 1 atom stereocenters. The smallest absolute Gasteiger partial charge is 0.237 e. The highest BCUT2D eigenvalue weighted by molar-refractivity contribution is 5.78. The predicted octanol–water partition coefficient (Wildman–Crippen LogP) is 2.93. The second-order valence-corrected chi connectivity index (χ2v) is 7.11. The largest absolute Gasteiger partial charge is 0.493 e. The molecular formula is C20H30N2O3. The Morgan fingerprint density at radius 2 is 1.96 bits per heavy atom. The quantitative estimate of drug-likeness (QED) is 0.726. The van der Waals surface area contributed by atoms with Gasteiger partial charge in [0.15, 0.2) is 11.5 Å². The maximum Gasteiger partial charge on any atom is 0.237 e. The van der Waals surface area contributed by atoms with Crippen molar-refractivity contribution >= 4 is 5.91 Å². The fourth-order valence-electron chi connectivity index (χ4n) is 3.91. The van der Waals surface area contributed by atoms with Crippen molar-refractivity contribution in [2.24, 2.45) is 5.92 Å². The van der Waals surface area contributed by atoms with Gasteiger partial charge in [0.2, 0.25) is 5.91 Å². The summed E-state index contributed by atoms with van der Waals surface area (Å²) in [6, 6.07) is 6.50. The zero-order valence-corrected chi connectivity index (χ0v) is 15.7. The van der Waals surface area contributed by atoms with Gasteiger partial charge in [-0.15, -0.1) is 0 Å². The highest BCUT2D eigenvalue weighted by Crippen LogP contribution is 2.40. The van der Waals surface area contributed by atoms with Crippen LogP contribution in [0, 0.1) is 5.92 Å². The number of hydrogen-bond acceptors (Lipinski definition) is 4. The molecule has 1 unspecified atom stereocenters. The molecule has 5 heteroatoms. The van der Waals surface area contributed by atoms with Crippen molar-refractivity contribution < 1.29 is 14.3 Å². The summed E-state index contributed by atoms with van der Waals surface area (Å²) in [4.78, 5) is 17.2. The molecule has 1 heterocycles. The molecule has 0 aromatic heterocycles. The van der Waals surface area contributed by atoms with Crippen molar-refractivity contribution in [1.29, 1.82) is 0 Å². The topological polar surface area (TPSA) is 42.0 Å². The first-order valence-electron chi connectivity index (χ1n) is 9.39. The van der Waals surface area contributed by atoms with Crippen molar-refractivity contribution in [1.82, 2.24) is 9.80 Å². The average Bonchev–Trinajstić information content (AvgIpc) is 3.38. The number of amides is 1. The molecule has 1 aliphatic carbocycles. The summed E-state index contributed by atoms with van der Waals surface area (Å²) >= 11 is 0. The average molecular weight is 346 g/mol. The van der Waals surface area contributed by atoms with E-state index in [0.29, 0.717) is 30.6 Å². The SMILES string of the molecule is CCN(Cc1ccc(OC)c(OC)c1)C(=O)CN1CCCC1C1CC1. The Morgan fingerprint density at radius 3 is 2.60 bits per heavy atom. The molecule has 1 aromatic rings. The number of ether oxygens (including phenoxy) is 2. The Morgan fingerprint density at radius 1 is 1.20 bits per heavy atom. The summed E-state index contributed by atoms with van der Waals surface area (Å²) in [5.74, 6) is 2.49. The van der Waals surface area contributed by atoms with E-state index in [1.165, 1.54) is 25.7 Å². The first-order chi connectivity index (χ1) is 12.2. The van der Waals surface area contributed by atoms with Gasteiger partial charge in [-0.3, -0.25) is 9.69 Å². The number of likely N-dealkylation sites (tertiary alicyclic amines) is 1. The van der Waals surface area contributed by atoms with Crippen LogP contribution in [-0.4, -0.2) is 55.6 Å². The Bertz CT molecular complexity index is 601. The molecule has 2 fully saturated rings. The monoisotopic (exact) mass is 346 g/mol. The standard InChI is InChI=1S/C20H30N2O3/c1-4-21(13-15-7-10-18(24-2)19(12-15)25-3)20(23)14-22-11-5-6-17(22)16-8-9-16/h7,10,12,16-17H,4-6,8-9,11,13-14H2,1-3H3. The summed E-state index contributed by atoms with van der Waals surface area (Å²) in [6.45, 7) is 5.00. The van der Waals surface area contributed by atoms with Gasteiger partial charge in [0.25, 0.3) is 0 Å². The number of methoxy groups -OCH3 is 2. The first-order valence-corrected chi connectivity index (χ1v) is 9.39. The zero-order chi connectivity index (χ0) is 17.8. The van der Waals surface area contributed by atoms with E-state index in [1.807, 2.05) is 30.0 Å². The molecule has 2 aliphatic rings. The van der Waals surface area contributed by atoms with Crippen LogP contribution in [0.15, 0.2) is 18.2 Å². The lowest BCUT2D eigenvalue weighted by atomic mass is 10.1. The molecule has 138 valence electrons. The van der Waals surface area contributed by atoms with Crippen molar-refractivity contribution in [3.05, 3.63) is 23.8 Å².